The van der Waals surface area contributed by atoms with Crippen LogP contribution in [0.25, 0.3) is 5.57 Å². The van der Waals surface area contributed by atoms with Gasteiger partial charge >= 0.3 is 0 Å². The van der Waals surface area contributed by atoms with Crippen molar-refractivity contribution in [2.75, 3.05) is 6.61 Å². The number of benzene rings is 1. The largest absolute Gasteiger partial charge is 0.508 e. The van der Waals surface area contributed by atoms with Crippen molar-refractivity contribution < 1.29 is 14.6 Å². The minimum atomic E-state index is -0.0560. The van der Waals surface area contributed by atoms with E-state index in [1.165, 1.54) is 6.92 Å². The van der Waals surface area contributed by atoms with E-state index in [9.17, 15) is 9.90 Å². The molecule has 0 aromatic heterocycles. The van der Waals surface area contributed by atoms with E-state index in [-0.39, 0.29) is 11.5 Å². The van der Waals surface area contributed by atoms with Gasteiger partial charge in [0, 0.05) is 5.57 Å². The Morgan fingerprint density at radius 1 is 1.26 bits per heavy atom. The summed E-state index contributed by atoms with van der Waals surface area (Å²) in [5, 5.41) is 9.87. The molecule has 1 aliphatic rings. The molecule has 19 heavy (non-hydrogen) atoms. The molecule has 0 saturated heterocycles. The van der Waals surface area contributed by atoms with Gasteiger partial charge in [0.05, 0.1) is 6.61 Å². The molecule has 1 N–H and O–H groups in total. The fourth-order valence-corrected chi connectivity index (χ4v) is 2.23. The van der Waals surface area contributed by atoms with Crippen LogP contribution in [0.1, 0.15) is 32.3 Å². The molecule has 1 aromatic rings. The van der Waals surface area contributed by atoms with Gasteiger partial charge in [-0.3, -0.25) is 4.79 Å². The zero-order valence-corrected chi connectivity index (χ0v) is 11.3. The summed E-state index contributed by atoms with van der Waals surface area (Å²) in [6.45, 7) is 4.08. The molecule has 1 aromatic carbocycles. The monoisotopic (exact) mass is 258 g/mol. The topological polar surface area (TPSA) is 46.5 Å². The van der Waals surface area contributed by atoms with E-state index >= 15 is 0 Å². The third kappa shape index (κ3) is 3.05. The number of ketones is 1. The summed E-state index contributed by atoms with van der Waals surface area (Å²) in [7, 11) is 0. The molecule has 0 atom stereocenters. The lowest BCUT2D eigenvalue weighted by Crippen LogP contribution is -2.06. The van der Waals surface area contributed by atoms with E-state index in [4.69, 9.17) is 4.74 Å². The molecule has 0 aliphatic heterocycles. The fourth-order valence-electron chi connectivity index (χ4n) is 2.23. The van der Waals surface area contributed by atoms with Crippen LogP contribution < -0.4 is 4.74 Å². The maximum atomic E-state index is 11.3. The third-order valence-electron chi connectivity index (χ3n) is 3.23. The van der Waals surface area contributed by atoms with E-state index in [2.05, 4.69) is 0 Å². The second kappa shape index (κ2) is 5.74. The minimum Gasteiger partial charge on any atom is -0.508 e. The zero-order chi connectivity index (χ0) is 13.8. The van der Waals surface area contributed by atoms with Crippen molar-refractivity contribution in [3.63, 3.8) is 0 Å². The Morgan fingerprint density at radius 2 is 1.95 bits per heavy atom. The van der Waals surface area contributed by atoms with E-state index in [0.717, 1.165) is 23.3 Å². The first kappa shape index (κ1) is 13.4. The first-order valence-corrected chi connectivity index (χ1v) is 6.48. The Hall–Kier alpha value is -2.03. The summed E-state index contributed by atoms with van der Waals surface area (Å²) in [5.41, 5.74) is 2.62. The Labute approximate surface area is 113 Å². The average molecular weight is 258 g/mol. The second-order valence-corrected chi connectivity index (χ2v) is 4.55. The number of aliphatic hydroxyl groups excluding tert-OH is 1. The van der Waals surface area contributed by atoms with Crippen LogP contribution >= 0.6 is 0 Å². The molecule has 100 valence electrons. The van der Waals surface area contributed by atoms with E-state index in [1.807, 2.05) is 31.2 Å². The number of Topliss-reactive ketones (excluding diaryl/α,β-unsaturated/α-hetero) is 1. The second-order valence-electron chi connectivity index (χ2n) is 4.55. The smallest absolute Gasteiger partial charge is 0.159 e. The van der Waals surface area contributed by atoms with Crippen molar-refractivity contribution >= 4 is 11.4 Å². The zero-order valence-electron chi connectivity index (χ0n) is 11.3. The van der Waals surface area contributed by atoms with Gasteiger partial charge in [0.1, 0.15) is 11.5 Å². The van der Waals surface area contributed by atoms with Crippen LogP contribution in [0.2, 0.25) is 0 Å². The van der Waals surface area contributed by atoms with Crippen molar-refractivity contribution in [3.05, 3.63) is 47.2 Å². The summed E-state index contributed by atoms with van der Waals surface area (Å²) in [6.07, 6.45) is 3.06. The molecule has 3 heteroatoms. The molecule has 1 aliphatic carbocycles. The quantitative estimate of drug-likeness (QED) is 0.896. The van der Waals surface area contributed by atoms with Crippen LogP contribution in [0.4, 0.5) is 0 Å². The molecule has 3 nitrogen and oxygen atoms in total. The van der Waals surface area contributed by atoms with Gasteiger partial charge in [-0.15, -0.1) is 0 Å². The van der Waals surface area contributed by atoms with Crippen LogP contribution in [-0.2, 0) is 4.79 Å². The number of allylic oxidation sites excluding steroid dienone is 3. The fraction of sp³-hybridized carbons (Fsp3) is 0.312. The average Bonchev–Trinajstić information content (AvgIpc) is 2.39. The molecule has 0 spiro atoms. The molecule has 0 fully saturated rings. The Balaban J connectivity index is 2.24. The lowest BCUT2D eigenvalue weighted by atomic mass is 9.91. The van der Waals surface area contributed by atoms with Crippen LogP contribution in [0.5, 0.6) is 5.75 Å². The van der Waals surface area contributed by atoms with Crippen molar-refractivity contribution in [1.82, 2.24) is 0 Å². The molecule has 0 unspecified atom stereocenters. The van der Waals surface area contributed by atoms with Crippen LogP contribution in [0.3, 0.4) is 0 Å². The van der Waals surface area contributed by atoms with Crippen LogP contribution in [0.15, 0.2) is 41.7 Å². The first-order valence-electron chi connectivity index (χ1n) is 6.48. The van der Waals surface area contributed by atoms with Gasteiger partial charge in [0.25, 0.3) is 0 Å². The van der Waals surface area contributed by atoms with Gasteiger partial charge in [-0.1, -0.05) is 12.1 Å². The molecule has 0 saturated carbocycles. The number of hydrogen-bond donors (Lipinski definition) is 1. The SMILES string of the molecule is CCOc1ccc(C2=CC(O)=C(C(C)=O)CC2)cc1. The molecule has 2 rings (SSSR count). The predicted molar refractivity (Wildman–Crippen MR) is 75.2 cm³/mol. The van der Waals surface area contributed by atoms with Crippen molar-refractivity contribution in [1.29, 1.82) is 0 Å². The molecular weight excluding hydrogens is 240 g/mol. The number of hydrogen-bond acceptors (Lipinski definition) is 3. The number of aliphatic hydroxyl groups is 1. The molecule has 0 amide bonds. The Morgan fingerprint density at radius 3 is 2.47 bits per heavy atom. The maximum Gasteiger partial charge on any atom is 0.159 e. The Bertz CT molecular complexity index is 536. The molecule has 0 radical (unpaired) electrons. The minimum absolute atomic E-state index is 0.0560. The van der Waals surface area contributed by atoms with Gasteiger partial charge in [0.2, 0.25) is 0 Å². The number of carbonyl (C=O) groups excluding carboxylic acids is 1. The van der Waals surface area contributed by atoms with Crippen LogP contribution in [-0.4, -0.2) is 17.5 Å². The summed E-state index contributed by atoms with van der Waals surface area (Å²) in [6, 6.07) is 7.79. The summed E-state index contributed by atoms with van der Waals surface area (Å²) >= 11 is 0. The van der Waals surface area contributed by atoms with Crippen molar-refractivity contribution in [3.8, 4) is 5.75 Å². The summed E-state index contributed by atoms with van der Waals surface area (Å²) < 4.78 is 5.39. The van der Waals surface area contributed by atoms with Crippen molar-refractivity contribution in [2.45, 2.75) is 26.7 Å². The van der Waals surface area contributed by atoms with Gasteiger partial charge in [0.15, 0.2) is 5.78 Å². The van der Waals surface area contributed by atoms with Crippen LogP contribution in [0, 0.1) is 0 Å². The predicted octanol–water partition coefficient (Wildman–Crippen LogP) is 3.66. The maximum absolute atomic E-state index is 11.3. The highest BCUT2D eigenvalue weighted by Gasteiger charge is 2.17. The molecular formula is C16H18O3. The lowest BCUT2D eigenvalue weighted by Gasteiger charge is -2.16. The number of ether oxygens (including phenoxy) is 1. The Kier molecular flexibility index (Phi) is 4.05. The lowest BCUT2D eigenvalue weighted by molar-refractivity contribution is -0.113. The van der Waals surface area contributed by atoms with Gasteiger partial charge in [-0.05, 0) is 56.0 Å². The highest BCUT2D eigenvalue weighted by Crippen LogP contribution is 2.30. The number of rotatable bonds is 4. The highest BCUT2D eigenvalue weighted by atomic mass is 16.5. The van der Waals surface area contributed by atoms with Gasteiger partial charge in [-0.25, -0.2) is 0 Å². The third-order valence-corrected chi connectivity index (χ3v) is 3.23. The summed E-state index contributed by atoms with van der Waals surface area (Å²) in [5.74, 6) is 0.883. The molecule has 0 heterocycles. The van der Waals surface area contributed by atoms with E-state index in [1.54, 1.807) is 6.08 Å². The van der Waals surface area contributed by atoms with Gasteiger partial charge in [-0.2, -0.15) is 0 Å². The number of carbonyl (C=O) groups is 1. The molecule has 0 bridgehead atoms. The van der Waals surface area contributed by atoms with Gasteiger partial charge < -0.3 is 9.84 Å². The van der Waals surface area contributed by atoms with E-state index < -0.39 is 0 Å². The van der Waals surface area contributed by atoms with Crippen molar-refractivity contribution in [2.24, 2.45) is 0 Å². The standard InChI is InChI=1S/C16H18O3/c1-3-19-14-7-4-12(5-8-14)13-6-9-15(11(2)17)16(18)10-13/h4-5,7-8,10,18H,3,6,9H2,1-2H3. The first-order chi connectivity index (χ1) is 9.11. The normalized spacial score (nSPS) is 15.2. The summed E-state index contributed by atoms with van der Waals surface area (Å²) in [4.78, 5) is 11.3. The highest BCUT2D eigenvalue weighted by molar-refractivity contribution is 5.95. The van der Waals surface area contributed by atoms with E-state index in [0.29, 0.717) is 18.6 Å².